The van der Waals surface area contributed by atoms with Crippen molar-refractivity contribution in [3.05, 3.63) is 129 Å². The predicted molar refractivity (Wildman–Crippen MR) is 279 cm³/mol. The molecule has 0 spiro atoms. The smallest absolute Gasteiger partial charge is 0.258 e. The summed E-state index contributed by atoms with van der Waals surface area (Å²) >= 11 is 32.0. The molecule has 5 aromatic rings. The maximum absolute atomic E-state index is 13.6. The van der Waals surface area contributed by atoms with Crippen molar-refractivity contribution in [2.24, 2.45) is 20.5 Å². The van der Waals surface area contributed by atoms with Crippen LogP contribution in [0, 0.1) is 0 Å². The first-order chi connectivity index (χ1) is 33.7. The highest BCUT2D eigenvalue weighted by Crippen LogP contribution is 2.38. The fourth-order valence-corrected chi connectivity index (χ4v) is 7.82. The summed E-state index contributed by atoms with van der Waals surface area (Å²) in [6.45, 7) is 11.8. The summed E-state index contributed by atoms with van der Waals surface area (Å²) in [5.41, 5.74) is 3.17. The third kappa shape index (κ3) is 15.0. The largest absolute Gasteiger partial charge is 0.491 e. The monoisotopic (exact) mass is 1060 g/mol. The van der Waals surface area contributed by atoms with Gasteiger partial charge in [-0.1, -0.05) is 47.5 Å². The van der Waals surface area contributed by atoms with Crippen molar-refractivity contribution >= 4 is 127 Å². The van der Waals surface area contributed by atoms with Gasteiger partial charge in [0.25, 0.3) is 23.6 Å². The standard InChI is InChI=1S/C50H49Cl5N8O8/c1-8-70-45-37(25(3)51)12-10-14-41(45)58-47(66)30-18-32(54)22-35(20-30)60-62-43(28(6)64)49(68)56-34-16-17-40(39(24-34)27(5)53)57-50(69)44(29(7)65)63-61-36-21-31(19-33(55)23-36)48(67)59-42-15-11-13-38(26(4)52)46(42)71-9-2/h10-27,43-44H,8-9H2,1-7H3,(H,56,68)(H,57,69)(H,58,66)(H,59,67). The minimum Gasteiger partial charge on any atom is -0.491 e. The van der Waals surface area contributed by atoms with E-state index in [9.17, 15) is 28.8 Å². The first-order valence-electron chi connectivity index (χ1n) is 22.0. The van der Waals surface area contributed by atoms with Gasteiger partial charge in [0.05, 0.1) is 52.1 Å². The zero-order valence-electron chi connectivity index (χ0n) is 39.4. The Bertz CT molecular complexity index is 2890. The van der Waals surface area contributed by atoms with Crippen molar-refractivity contribution in [1.82, 2.24) is 0 Å². The summed E-state index contributed by atoms with van der Waals surface area (Å²) in [5.74, 6) is -3.30. The molecule has 5 unspecified atom stereocenters. The van der Waals surface area contributed by atoms with Crippen LogP contribution in [0.1, 0.15) is 102 Å². The van der Waals surface area contributed by atoms with E-state index in [0.29, 0.717) is 52.8 Å². The highest BCUT2D eigenvalue weighted by molar-refractivity contribution is 6.32. The molecule has 21 heteroatoms. The molecule has 16 nitrogen and oxygen atoms in total. The van der Waals surface area contributed by atoms with Crippen LogP contribution in [0.25, 0.3) is 0 Å². The second-order valence-electron chi connectivity index (χ2n) is 15.7. The van der Waals surface area contributed by atoms with Crippen molar-refractivity contribution in [2.75, 3.05) is 34.5 Å². The van der Waals surface area contributed by atoms with Crippen LogP contribution < -0.4 is 30.7 Å². The molecule has 71 heavy (non-hydrogen) atoms. The number of azo groups is 2. The molecule has 0 aliphatic heterocycles. The van der Waals surface area contributed by atoms with Gasteiger partial charge in [-0.15, -0.1) is 34.8 Å². The summed E-state index contributed by atoms with van der Waals surface area (Å²) in [5, 5.41) is 25.8. The Hall–Kier alpha value is -6.43. The fraction of sp³-hybridized carbons (Fsp3) is 0.280. The third-order valence-electron chi connectivity index (χ3n) is 10.2. The van der Waals surface area contributed by atoms with Crippen LogP contribution in [0.3, 0.4) is 0 Å². The number of nitrogens with one attached hydrogen (secondary N) is 4. The average molecular weight is 1070 g/mol. The SMILES string of the molecule is CCOc1c(NC(=O)c2cc(Cl)cc(N=NC(C(C)=O)C(=O)Nc3ccc(NC(=O)C(N=Nc4cc(Cl)cc(C(=O)Nc5cccc(C(C)Cl)c5OCC)c4)C(C)=O)c(C(C)Cl)c3)c2)cccc1C(C)Cl. The van der Waals surface area contributed by atoms with E-state index in [1.54, 1.807) is 71.0 Å². The maximum Gasteiger partial charge on any atom is 0.258 e. The molecule has 5 atom stereocenters. The number of rotatable bonds is 21. The van der Waals surface area contributed by atoms with Gasteiger partial charge in [-0.3, -0.25) is 28.8 Å². The number of ether oxygens (including phenoxy) is 2. The first kappa shape index (κ1) is 55.5. The molecular formula is C50H49Cl5N8O8. The summed E-state index contributed by atoms with van der Waals surface area (Å²) in [6.07, 6.45) is 0. The van der Waals surface area contributed by atoms with Crippen molar-refractivity contribution in [3.8, 4) is 11.5 Å². The van der Waals surface area contributed by atoms with Gasteiger partial charge in [-0.05, 0) is 121 Å². The second kappa shape index (κ2) is 25.6. The molecule has 0 bridgehead atoms. The highest BCUT2D eigenvalue weighted by Gasteiger charge is 2.27. The number of ketones is 2. The summed E-state index contributed by atoms with van der Waals surface area (Å²) in [6, 6.07) is 19.8. The van der Waals surface area contributed by atoms with Crippen LogP contribution in [0.2, 0.25) is 10.0 Å². The molecule has 4 amide bonds. The number of halogens is 5. The lowest BCUT2D eigenvalue weighted by Gasteiger charge is -2.17. The first-order valence-corrected chi connectivity index (χ1v) is 24.0. The van der Waals surface area contributed by atoms with E-state index in [2.05, 4.69) is 41.7 Å². The highest BCUT2D eigenvalue weighted by atomic mass is 35.5. The number of Topliss-reactive ketones (excluding diaryl/α,β-unsaturated/α-hetero) is 2. The minimum atomic E-state index is -1.64. The molecule has 0 heterocycles. The molecule has 0 radical (unpaired) electrons. The Morgan fingerprint density at radius 1 is 0.521 bits per heavy atom. The van der Waals surface area contributed by atoms with Crippen LogP contribution >= 0.6 is 58.0 Å². The van der Waals surface area contributed by atoms with Crippen LogP contribution in [-0.2, 0) is 19.2 Å². The van der Waals surface area contributed by atoms with Crippen LogP contribution in [0.5, 0.6) is 11.5 Å². The molecule has 0 aromatic heterocycles. The number of anilines is 4. The Kier molecular flexibility index (Phi) is 20.0. The predicted octanol–water partition coefficient (Wildman–Crippen LogP) is 13.6. The molecule has 0 saturated carbocycles. The molecule has 0 aliphatic rings. The number of carbonyl (C=O) groups is 6. The van der Waals surface area contributed by atoms with Crippen molar-refractivity contribution < 1.29 is 38.2 Å². The molecule has 0 fully saturated rings. The molecule has 4 N–H and O–H groups in total. The normalized spacial score (nSPS) is 13.4. The number of para-hydroxylation sites is 2. The quantitative estimate of drug-likeness (QED) is 0.0314. The van der Waals surface area contributed by atoms with Crippen molar-refractivity contribution in [2.45, 2.75) is 76.7 Å². The van der Waals surface area contributed by atoms with Gasteiger partial charge < -0.3 is 30.7 Å². The van der Waals surface area contributed by atoms with Crippen LogP contribution in [0.15, 0.2) is 111 Å². The van der Waals surface area contributed by atoms with Gasteiger partial charge >= 0.3 is 0 Å². The van der Waals surface area contributed by atoms with Gasteiger partial charge in [0.2, 0.25) is 12.1 Å². The minimum absolute atomic E-state index is 0.0743. The third-order valence-corrected chi connectivity index (χ3v) is 11.3. The topological polar surface area (TPSA) is 218 Å². The van der Waals surface area contributed by atoms with Crippen LogP contribution in [-0.4, -0.2) is 60.5 Å². The number of nitrogens with zero attached hydrogens (tertiary/aromatic N) is 4. The number of hydrogen-bond donors (Lipinski definition) is 4. The van der Waals surface area contributed by atoms with Gasteiger partial charge in [0.1, 0.15) is 11.5 Å². The molecule has 0 aliphatic carbocycles. The van der Waals surface area contributed by atoms with E-state index in [0.717, 1.165) is 13.8 Å². The van der Waals surface area contributed by atoms with Crippen molar-refractivity contribution in [1.29, 1.82) is 0 Å². The summed E-state index contributed by atoms with van der Waals surface area (Å²) < 4.78 is 11.6. The zero-order chi connectivity index (χ0) is 52.1. The van der Waals surface area contributed by atoms with E-state index in [1.807, 2.05) is 0 Å². The van der Waals surface area contributed by atoms with Crippen molar-refractivity contribution in [3.63, 3.8) is 0 Å². The van der Waals surface area contributed by atoms with E-state index in [-0.39, 0.29) is 43.9 Å². The van der Waals surface area contributed by atoms with E-state index in [1.165, 1.54) is 54.6 Å². The Balaban J connectivity index is 1.29. The number of hydrogen-bond acceptors (Lipinski definition) is 12. The maximum atomic E-state index is 13.6. The van der Waals surface area contributed by atoms with Gasteiger partial charge in [-0.25, -0.2) is 0 Å². The Morgan fingerprint density at radius 3 is 1.34 bits per heavy atom. The van der Waals surface area contributed by atoms with E-state index < -0.39 is 63.4 Å². The number of carbonyl (C=O) groups excluding carboxylic acids is 6. The Labute approximate surface area is 435 Å². The van der Waals surface area contributed by atoms with Crippen LogP contribution in [0.4, 0.5) is 34.1 Å². The van der Waals surface area contributed by atoms with Gasteiger partial charge in [0, 0.05) is 43.7 Å². The fourth-order valence-electron chi connectivity index (χ4n) is 6.84. The number of alkyl halides is 3. The molecule has 5 rings (SSSR count). The van der Waals surface area contributed by atoms with Gasteiger partial charge in [0.15, 0.2) is 11.6 Å². The second-order valence-corrected chi connectivity index (χ2v) is 18.5. The lowest BCUT2D eigenvalue weighted by Crippen LogP contribution is -2.32. The lowest BCUT2D eigenvalue weighted by atomic mass is 10.1. The summed E-state index contributed by atoms with van der Waals surface area (Å²) in [4.78, 5) is 79.5. The number of amides is 4. The van der Waals surface area contributed by atoms with E-state index >= 15 is 0 Å². The average Bonchev–Trinajstić information content (AvgIpc) is 3.30. The lowest BCUT2D eigenvalue weighted by molar-refractivity contribution is -0.127. The molecular weight excluding hydrogens is 1020 g/mol. The van der Waals surface area contributed by atoms with Gasteiger partial charge in [-0.2, -0.15) is 20.5 Å². The Morgan fingerprint density at radius 2 is 0.944 bits per heavy atom. The number of benzene rings is 5. The zero-order valence-corrected chi connectivity index (χ0v) is 43.2. The summed E-state index contributed by atoms with van der Waals surface area (Å²) in [7, 11) is 0. The molecule has 372 valence electrons. The molecule has 5 aromatic carbocycles. The van der Waals surface area contributed by atoms with E-state index in [4.69, 9.17) is 67.5 Å². The molecule has 0 saturated heterocycles.